The van der Waals surface area contributed by atoms with Crippen LogP contribution in [0.5, 0.6) is 0 Å². The van der Waals surface area contributed by atoms with E-state index in [9.17, 15) is 4.39 Å². The van der Waals surface area contributed by atoms with Gasteiger partial charge in [-0.1, -0.05) is 6.92 Å². The lowest BCUT2D eigenvalue weighted by atomic mass is 9.84. The number of hydrogen-bond donors (Lipinski definition) is 2. The fourth-order valence-corrected chi connectivity index (χ4v) is 1.52. The van der Waals surface area contributed by atoms with Gasteiger partial charge < -0.3 is 11.1 Å². The largest absolute Gasteiger partial charge is 0.330 e. The first-order valence-electron chi connectivity index (χ1n) is 4.29. The highest BCUT2D eigenvalue weighted by Gasteiger charge is 2.36. The molecule has 1 fully saturated rings. The molecule has 0 aromatic heterocycles. The van der Waals surface area contributed by atoms with Crippen LogP contribution >= 0.6 is 0 Å². The number of rotatable bonds is 2. The molecule has 0 saturated carbocycles. The molecule has 0 aromatic carbocycles. The van der Waals surface area contributed by atoms with Gasteiger partial charge in [-0.15, -0.1) is 0 Å². The van der Waals surface area contributed by atoms with E-state index in [4.69, 9.17) is 5.73 Å². The minimum atomic E-state index is -1.05. The summed E-state index contributed by atoms with van der Waals surface area (Å²) >= 11 is 0. The summed E-state index contributed by atoms with van der Waals surface area (Å²) in [6.45, 7) is 3.75. The zero-order valence-corrected chi connectivity index (χ0v) is 7.07. The maximum Gasteiger partial charge on any atom is 0.127 e. The quantitative estimate of drug-likeness (QED) is 0.623. The van der Waals surface area contributed by atoms with E-state index in [1.54, 1.807) is 0 Å². The van der Waals surface area contributed by atoms with Crippen LogP contribution in [-0.2, 0) is 0 Å². The maximum absolute atomic E-state index is 13.8. The number of hydrogen-bond acceptors (Lipinski definition) is 2. The number of nitrogens with one attached hydrogen (secondary N) is 1. The van der Waals surface area contributed by atoms with Gasteiger partial charge in [-0.05, 0) is 25.9 Å². The minimum Gasteiger partial charge on any atom is -0.330 e. The Bertz CT molecular complexity index is 121. The van der Waals surface area contributed by atoms with E-state index in [1.807, 2.05) is 6.92 Å². The highest BCUT2D eigenvalue weighted by atomic mass is 19.1. The third-order valence-corrected chi connectivity index (χ3v) is 2.60. The molecule has 0 aliphatic carbocycles. The van der Waals surface area contributed by atoms with Gasteiger partial charge in [0.2, 0.25) is 0 Å². The van der Waals surface area contributed by atoms with Crippen LogP contribution in [0.25, 0.3) is 0 Å². The lowest BCUT2D eigenvalue weighted by Gasteiger charge is -2.34. The van der Waals surface area contributed by atoms with E-state index in [1.165, 1.54) is 0 Å². The first-order valence-corrected chi connectivity index (χ1v) is 4.29. The van der Waals surface area contributed by atoms with Crippen molar-refractivity contribution in [2.75, 3.05) is 19.6 Å². The minimum absolute atomic E-state index is 0.0182. The molecule has 3 heteroatoms. The van der Waals surface area contributed by atoms with Crippen LogP contribution in [0.1, 0.15) is 19.8 Å². The average molecular weight is 160 g/mol. The molecule has 2 unspecified atom stereocenters. The predicted molar refractivity (Wildman–Crippen MR) is 44.2 cm³/mol. The van der Waals surface area contributed by atoms with E-state index in [0.717, 1.165) is 13.0 Å². The molecule has 0 bridgehead atoms. The Kier molecular flexibility index (Phi) is 2.84. The molecule has 11 heavy (non-hydrogen) atoms. The van der Waals surface area contributed by atoms with E-state index in [2.05, 4.69) is 5.32 Å². The Morgan fingerprint density at radius 1 is 1.73 bits per heavy atom. The molecule has 2 nitrogen and oxygen atoms in total. The van der Waals surface area contributed by atoms with Gasteiger partial charge in [0.05, 0.1) is 0 Å². The van der Waals surface area contributed by atoms with Crippen LogP contribution in [0.2, 0.25) is 0 Å². The van der Waals surface area contributed by atoms with Crippen molar-refractivity contribution in [1.82, 2.24) is 5.32 Å². The summed E-state index contributed by atoms with van der Waals surface area (Å²) in [6.07, 6.45) is 1.60. The van der Waals surface area contributed by atoms with Crippen LogP contribution in [0.15, 0.2) is 0 Å². The van der Waals surface area contributed by atoms with Crippen molar-refractivity contribution in [2.45, 2.75) is 25.4 Å². The molecule has 0 radical (unpaired) electrons. The van der Waals surface area contributed by atoms with Gasteiger partial charge in [-0.2, -0.15) is 0 Å². The third-order valence-electron chi connectivity index (χ3n) is 2.60. The van der Waals surface area contributed by atoms with Crippen molar-refractivity contribution < 1.29 is 4.39 Å². The number of piperidine rings is 1. The fraction of sp³-hybridized carbons (Fsp3) is 1.00. The van der Waals surface area contributed by atoms with E-state index in [0.29, 0.717) is 19.5 Å². The number of nitrogens with two attached hydrogens (primary N) is 1. The summed E-state index contributed by atoms with van der Waals surface area (Å²) in [5, 5.41) is 3.06. The van der Waals surface area contributed by atoms with Crippen LogP contribution < -0.4 is 11.1 Å². The van der Waals surface area contributed by atoms with Crippen LogP contribution in [0, 0.1) is 5.92 Å². The molecular weight excluding hydrogens is 143 g/mol. The molecule has 1 heterocycles. The van der Waals surface area contributed by atoms with E-state index >= 15 is 0 Å². The Morgan fingerprint density at radius 3 is 2.91 bits per heavy atom. The van der Waals surface area contributed by atoms with Gasteiger partial charge in [-0.25, -0.2) is 4.39 Å². The summed E-state index contributed by atoms with van der Waals surface area (Å²) in [5.41, 5.74) is 4.37. The van der Waals surface area contributed by atoms with Gasteiger partial charge in [0, 0.05) is 12.5 Å². The van der Waals surface area contributed by atoms with Gasteiger partial charge in [0.25, 0.3) is 0 Å². The summed E-state index contributed by atoms with van der Waals surface area (Å²) in [6, 6.07) is 0. The summed E-state index contributed by atoms with van der Waals surface area (Å²) < 4.78 is 13.8. The topological polar surface area (TPSA) is 38.0 Å². The van der Waals surface area contributed by atoms with Crippen LogP contribution in [0.3, 0.4) is 0 Å². The first-order chi connectivity index (χ1) is 5.19. The third kappa shape index (κ3) is 1.91. The molecular formula is C8H17FN2. The highest BCUT2D eigenvalue weighted by molar-refractivity contribution is 4.90. The van der Waals surface area contributed by atoms with Gasteiger partial charge in [0.15, 0.2) is 0 Å². The highest BCUT2D eigenvalue weighted by Crippen LogP contribution is 2.28. The lowest BCUT2D eigenvalue weighted by Crippen LogP contribution is -2.48. The zero-order valence-electron chi connectivity index (χ0n) is 7.07. The molecule has 1 aliphatic heterocycles. The molecule has 1 aliphatic rings. The first kappa shape index (κ1) is 8.94. The summed E-state index contributed by atoms with van der Waals surface area (Å²) in [5.74, 6) is -0.0182. The SMILES string of the molecule is CC(CN)C1(F)CCCNC1. The van der Waals surface area contributed by atoms with Crippen molar-refractivity contribution in [1.29, 1.82) is 0 Å². The monoisotopic (exact) mass is 160 g/mol. The van der Waals surface area contributed by atoms with Crippen molar-refractivity contribution in [3.05, 3.63) is 0 Å². The van der Waals surface area contributed by atoms with E-state index in [-0.39, 0.29) is 5.92 Å². The zero-order chi connectivity index (χ0) is 8.32. The Labute approximate surface area is 67.3 Å². The molecule has 1 rings (SSSR count). The fourth-order valence-electron chi connectivity index (χ4n) is 1.52. The predicted octanol–water partition coefficient (Wildman–Crippen LogP) is 0.673. The van der Waals surface area contributed by atoms with Gasteiger partial charge in [0.1, 0.15) is 5.67 Å². The van der Waals surface area contributed by atoms with Crippen molar-refractivity contribution >= 4 is 0 Å². The lowest BCUT2D eigenvalue weighted by molar-refractivity contribution is 0.0642. The Balaban J connectivity index is 2.49. The van der Waals surface area contributed by atoms with Crippen molar-refractivity contribution in [3.63, 3.8) is 0 Å². The smallest absolute Gasteiger partial charge is 0.127 e. The number of alkyl halides is 1. The molecule has 2 atom stereocenters. The van der Waals surface area contributed by atoms with Crippen LogP contribution in [0.4, 0.5) is 4.39 Å². The van der Waals surface area contributed by atoms with Crippen LogP contribution in [-0.4, -0.2) is 25.3 Å². The molecule has 3 N–H and O–H groups in total. The number of halogens is 1. The second-order valence-corrected chi connectivity index (χ2v) is 3.45. The standard InChI is InChI=1S/C8H17FN2/c1-7(5-10)8(9)3-2-4-11-6-8/h7,11H,2-6,10H2,1H3. The normalized spacial score (nSPS) is 35.2. The van der Waals surface area contributed by atoms with Crippen molar-refractivity contribution in [2.24, 2.45) is 11.7 Å². The molecule has 0 spiro atoms. The molecule has 0 aromatic rings. The molecule has 1 saturated heterocycles. The summed E-state index contributed by atoms with van der Waals surface area (Å²) in [7, 11) is 0. The average Bonchev–Trinajstić information content (AvgIpc) is 2.04. The summed E-state index contributed by atoms with van der Waals surface area (Å²) in [4.78, 5) is 0. The van der Waals surface area contributed by atoms with E-state index < -0.39 is 5.67 Å². The van der Waals surface area contributed by atoms with Gasteiger partial charge >= 0.3 is 0 Å². The van der Waals surface area contributed by atoms with Crippen molar-refractivity contribution in [3.8, 4) is 0 Å². The maximum atomic E-state index is 13.8. The molecule has 0 amide bonds. The van der Waals surface area contributed by atoms with Gasteiger partial charge in [-0.3, -0.25) is 0 Å². The molecule has 66 valence electrons. The second-order valence-electron chi connectivity index (χ2n) is 3.45. The Hall–Kier alpha value is -0.150. The Morgan fingerprint density at radius 2 is 2.45 bits per heavy atom. The second kappa shape index (κ2) is 3.50.